The minimum atomic E-state index is -3.51. The number of piperidine rings is 1. The molecule has 1 amide bonds. The van der Waals surface area contributed by atoms with Crippen LogP contribution in [0.5, 0.6) is 5.75 Å². The first-order valence-electron chi connectivity index (χ1n) is 10.4. The van der Waals surface area contributed by atoms with E-state index in [2.05, 4.69) is 6.92 Å². The van der Waals surface area contributed by atoms with Crippen LogP contribution in [0.2, 0.25) is 0 Å². The smallest absolute Gasteiger partial charge is 0.253 e. The topological polar surface area (TPSA) is 66.9 Å². The first-order valence-corrected chi connectivity index (χ1v) is 11.8. The van der Waals surface area contributed by atoms with E-state index in [1.54, 1.807) is 28.4 Å². The predicted octanol–water partition coefficient (Wildman–Crippen LogP) is 3.78. The standard InChI is InChI=1S/C23H30N2O4S/c1-4-29-21-9-5-19(6-10-21)17-24(3)23(26)20-7-11-22(12-8-20)30(27,28)25-15-13-18(2)14-16-25/h5-12,18H,4,13-17H2,1-3H3. The molecule has 1 aliphatic heterocycles. The molecule has 0 atom stereocenters. The lowest BCUT2D eigenvalue weighted by atomic mass is 10.0. The Morgan fingerprint density at radius 3 is 2.23 bits per heavy atom. The minimum Gasteiger partial charge on any atom is -0.494 e. The van der Waals surface area contributed by atoms with Crippen LogP contribution < -0.4 is 4.74 Å². The number of amides is 1. The maximum absolute atomic E-state index is 12.8. The largest absolute Gasteiger partial charge is 0.494 e. The van der Waals surface area contributed by atoms with E-state index >= 15 is 0 Å². The Kier molecular flexibility index (Phi) is 7.15. The van der Waals surface area contributed by atoms with Crippen molar-refractivity contribution in [2.45, 2.75) is 38.1 Å². The van der Waals surface area contributed by atoms with Crippen LogP contribution in [0.25, 0.3) is 0 Å². The molecule has 0 aliphatic carbocycles. The van der Waals surface area contributed by atoms with E-state index in [9.17, 15) is 13.2 Å². The van der Waals surface area contributed by atoms with Crippen molar-refractivity contribution in [3.8, 4) is 5.75 Å². The lowest BCUT2D eigenvalue weighted by Gasteiger charge is -2.29. The van der Waals surface area contributed by atoms with Gasteiger partial charge in [-0.2, -0.15) is 4.31 Å². The van der Waals surface area contributed by atoms with Crippen LogP contribution in [0.4, 0.5) is 0 Å². The molecule has 2 aromatic rings. The van der Waals surface area contributed by atoms with Gasteiger partial charge in [0.2, 0.25) is 10.0 Å². The molecule has 0 bridgehead atoms. The van der Waals surface area contributed by atoms with Gasteiger partial charge in [-0.15, -0.1) is 0 Å². The van der Waals surface area contributed by atoms with Crippen molar-refractivity contribution in [2.24, 2.45) is 5.92 Å². The van der Waals surface area contributed by atoms with Crippen molar-refractivity contribution in [3.05, 3.63) is 59.7 Å². The molecule has 6 nitrogen and oxygen atoms in total. The second kappa shape index (κ2) is 9.62. The fourth-order valence-electron chi connectivity index (χ4n) is 3.57. The zero-order chi connectivity index (χ0) is 21.7. The summed E-state index contributed by atoms with van der Waals surface area (Å²) in [7, 11) is -1.77. The molecule has 0 spiro atoms. The number of sulfonamides is 1. The fourth-order valence-corrected chi connectivity index (χ4v) is 5.04. The Labute approximate surface area is 179 Å². The van der Waals surface area contributed by atoms with E-state index < -0.39 is 10.0 Å². The van der Waals surface area contributed by atoms with Gasteiger partial charge in [-0.25, -0.2) is 8.42 Å². The SMILES string of the molecule is CCOc1ccc(CN(C)C(=O)c2ccc(S(=O)(=O)N3CCC(C)CC3)cc2)cc1. The summed E-state index contributed by atoms with van der Waals surface area (Å²) in [5, 5.41) is 0. The van der Waals surface area contributed by atoms with Gasteiger partial charge in [-0.3, -0.25) is 4.79 Å². The van der Waals surface area contributed by atoms with E-state index in [-0.39, 0.29) is 10.8 Å². The third-order valence-electron chi connectivity index (χ3n) is 5.48. The monoisotopic (exact) mass is 430 g/mol. The zero-order valence-electron chi connectivity index (χ0n) is 17.9. The van der Waals surface area contributed by atoms with Crippen molar-refractivity contribution in [1.82, 2.24) is 9.21 Å². The van der Waals surface area contributed by atoms with Crippen molar-refractivity contribution < 1.29 is 17.9 Å². The molecule has 1 aliphatic rings. The van der Waals surface area contributed by atoms with Gasteiger partial charge >= 0.3 is 0 Å². The van der Waals surface area contributed by atoms with Gasteiger partial charge in [0.25, 0.3) is 5.91 Å². The molecule has 0 aromatic heterocycles. The molecule has 0 N–H and O–H groups in total. The molecule has 0 unspecified atom stereocenters. The molecule has 162 valence electrons. The predicted molar refractivity (Wildman–Crippen MR) is 117 cm³/mol. The third kappa shape index (κ3) is 5.21. The number of nitrogens with zero attached hydrogens (tertiary/aromatic N) is 2. The average Bonchev–Trinajstić information content (AvgIpc) is 2.75. The summed E-state index contributed by atoms with van der Waals surface area (Å²) in [5.41, 5.74) is 1.46. The highest BCUT2D eigenvalue weighted by atomic mass is 32.2. The van der Waals surface area contributed by atoms with Gasteiger partial charge in [-0.1, -0.05) is 19.1 Å². The Morgan fingerprint density at radius 2 is 1.67 bits per heavy atom. The van der Waals surface area contributed by atoms with E-state index in [1.807, 2.05) is 31.2 Å². The second-order valence-electron chi connectivity index (χ2n) is 7.85. The molecule has 1 heterocycles. The van der Waals surface area contributed by atoms with Crippen molar-refractivity contribution >= 4 is 15.9 Å². The molecular formula is C23H30N2O4S. The molecule has 1 fully saturated rings. The number of carbonyl (C=O) groups is 1. The van der Waals surface area contributed by atoms with Crippen molar-refractivity contribution in [2.75, 3.05) is 26.7 Å². The van der Waals surface area contributed by atoms with Gasteiger partial charge < -0.3 is 9.64 Å². The molecule has 0 radical (unpaired) electrons. The van der Waals surface area contributed by atoms with Crippen molar-refractivity contribution in [3.63, 3.8) is 0 Å². The van der Waals surface area contributed by atoms with Gasteiger partial charge in [0.15, 0.2) is 0 Å². The Hall–Kier alpha value is -2.38. The second-order valence-corrected chi connectivity index (χ2v) is 9.79. The Morgan fingerprint density at radius 1 is 1.07 bits per heavy atom. The van der Waals surface area contributed by atoms with Crippen LogP contribution in [-0.2, 0) is 16.6 Å². The summed E-state index contributed by atoms with van der Waals surface area (Å²) in [4.78, 5) is 14.6. The van der Waals surface area contributed by atoms with Gasteiger partial charge in [0, 0.05) is 32.2 Å². The van der Waals surface area contributed by atoms with Crippen LogP contribution in [-0.4, -0.2) is 50.3 Å². The first kappa shape index (κ1) is 22.3. The van der Waals surface area contributed by atoms with Gasteiger partial charge in [0.05, 0.1) is 11.5 Å². The molecular weight excluding hydrogens is 400 g/mol. The van der Waals surface area contributed by atoms with E-state index in [4.69, 9.17) is 4.74 Å². The van der Waals surface area contributed by atoms with E-state index in [0.29, 0.717) is 37.7 Å². The number of rotatable bonds is 7. The van der Waals surface area contributed by atoms with Gasteiger partial charge in [-0.05, 0) is 67.6 Å². The quantitative estimate of drug-likeness (QED) is 0.671. The minimum absolute atomic E-state index is 0.153. The molecule has 0 saturated carbocycles. The van der Waals surface area contributed by atoms with Crippen molar-refractivity contribution in [1.29, 1.82) is 0 Å². The molecule has 2 aromatic carbocycles. The Bertz CT molecular complexity index is 948. The van der Waals surface area contributed by atoms with E-state index in [0.717, 1.165) is 24.2 Å². The number of hydrogen-bond acceptors (Lipinski definition) is 4. The summed E-state index contributed by atoms with van der Waals surface area (Å²) in [5.74, 6) is 1.21. The Balaban J connectivity index is 1.65. The number of ether oxygens (including phenoxy) is 1. The highest BCUT2D eigenvalue weighted by Gasteiger charge is 2.28. The maximum Gasteiger partial charge on any atom is 0.253 e. The first-order chi connectivity index (χ1) is 14.3. The zero-order valence-corrected chi connectivity index (χ0v) is 18.7. The third-order valence-corrected chi connectivity index (χ3v) is 7.40. The average molecular weight is 431 g/mol. The van der Waals surface area contributed by atoms with Crippen LogP contribution >= 0.6 is 0 Å². The van der Waals surface area contributed by atoms with Gasteiger partial charge in [0.1, 0.15) is 5.75 Å². The maximum atomic E-state index is 12.8. The number of benzene rings is 2. The van der Waals surface area contributed by atoms with Crippen LogP contribution in [0.1, 0.15) is 42.6 Å². The lowest BCUT2D eigenvalue weighted by molar-refractivity contribution is 0.0785. The normalized spacial score (nSPS) is 15.7. The number of hydrogen-bond donors (Lipinski definition) is 0. The summed E-state index contributed by atoms with van der Waals surface area (Å²) >= 11 is 0. The highest BCUT2D eigenvalue weighted by molar-refractivity contribution is 7.89. The summed E-state index contributed by atoms with van der Waals surface area (Å²) in [6.07, 6.45) is 1.76. The summed E-state index contributed by atoms with van der Waals surface area (Å²) in [6, 6.07) is 13.9. The van der Waals surface area contributed by atoms with Crippen LogP contribution in [0.15, 0.2) is 53.4 Å². The molecule has 7 heteroatoms. The van der Waals surface area contributed by atoms with Crippen LogP contribution in [0.3, 0.4) is 0 Å². The lowest BCUT2D eigenvalue weighted by Crippen LogP contribution is -2.37. The van der Waals surface area contributed by atoms with E-state index in [1.165, 1.54) is 12.1 Å². The fraction of sp³-hybridized carbons (Fsp3) is 0.435. The van der Waals surface area contributed by atoms with Crippen LogP contribution in [0, 0.1) is 5.92 Å². The summed E-state index contributed by atoms with van der Waals surface area (Å²) < 4.78 is 32.7. The summed E-state index contributed by atoms with van der Waals surface area (Å²) in [6.45, 7) is 6.25. The molecule has 1 saturated heterocycles. The molecule has 3 rings (SSSR count). The highest BCUT2D eigenvalue weighted by Crippen LogP contribution is 2.24. The number of carbonyl (C=O) groups excluding carboxylic acids is 1. The molecule has 30 heavy (non-hydrogen) atoms.